The summed E-state index contributed by atoms with van der Waals surface area (Å²) in [6.07, 6.45) is 0.862. The van der Waals surface area contributed by atoms with Crippen LogP contribution in [0.15, 0.2) is 52.5 Å². The highest BCUT2D eigenvalue weighted by Gasteiger charge is 2.47. The minimum atomic E-state index is -3.82. The maximum absolute atomic E-state index is 13.4. The summed E-state index contributed by atoms with van der Waals surface area (Å²) < 4.78 is 43.3. The summed E-state index contributed by atoms with van der Waals surface area (Å²) in [5, 5.41) is 6.22. The van der Waals surface area contributed by atoms with E-state index in [1.165, 1.54) is 40.7 Å². The summed E-state index contributed by atoms with van der Waals surface area (Å²) in [6, 6.07) is 11.0. The van der Waals surface area contributed by atoms with Gasteiger partial charge in [-0.15, -0.1) is 0 Å². The van der Waals surface area contributed by atoms with Gasteiger partial charge in [0.2, 0.25) is 10.0 Å². The van der Waals surface area contributed by atoms with Crippen molar-refractivity contribution in [2.24, 2.45) is 10.5 Å². The average molecular weight is 530 g/mol. The highest BCUT2D eigenvalue weighted by molar-refractivity contribution is 7.89. The first kappa shape index (κ1) is 26.6. The van der Waals surface area contributed by atoms with Crippen LogP contribution in [0, 0.1) is 5.41 Å². The second-order valence-corrected chi connectivity index (χ2v) is 11.4. The Hall–Kier alpha value is -3.44. The molecule has 0 aromatic heterocycles. The van der Waals surface area contributed by atoms with Gasteiger partial charge in [-0.25, -0.2) is 18.2 Å². The zero-order valence-electron chi connectivity index (χ0n) is 21.6. The van der Waals surface area contributed by atoms with Gasteiger partial charge in [-0.1, -0.05) is 6.07 Å². The second-order valence-electron chi connectivity index (χ2n) is 9.45. The Morgan fingerprint density at radius 3 is 2.30 bits per heavy atom. The number of benzene rings is 2. The summed E-state index contributed by atoms with van der Waals surface area (Å²) >= 11 is 0. The number of sulfonamides is 1. The van der Waals surface area contributed by atoms with Crippen LogP contribution >= 0.6 is 0 Å². The fourth-order valence-corrected chi connectivity index (χ4v) is 6.21. The molecule has 198 valence electrons. The molecular formula is C26H31N3O7S. The Labute approximate surface area is 216 Å². The van der Waals surface area contributed by atoms with Gasteiger partial charge in [0.15, 0.2) is 11.5 Å². The fourth-order valence-electron chi connectivity index (χ4n) is 4.69. The first-order valence-electron chi connectivity index (χ1n) is 11.9. The van der Waals surface area contributed by atoms with E-state index in [1.807, 2.05) is 19.9 Å². The van der Waals surface area contributed by atoms with Gasteiger partial charge in [0.1, 0.15) is 0 Å². The highest BCUT2D eigenvalue weighted by Crippen LogP contribution is 2.38. The monoisotopic (exact) mass is 529 g/mol. The number of piperidine rings is 1. The van der Waals surface area contributed by atoms with E-state index >= 15 is 0 Å². The molecule has 37 heavy (non-hydrogen) atoms. The lowest BCUT2D eigenvalue weighted by atomic mass is 9.83. The van der Waals surface area contributed by atoms with Crippen molar-refractivity contribution in [3.05, 3.63) is 53.6 Å². The van der Waals surface area contributed by atoms with Crippen molar-refractivity contribution in [2.75, 3.05) is 34.4 Å². The summed E-state index contributed by atoms with van der Waals surface area (Å²) in [7, 11) is 0.535. The molecule has 2 heterocycles. The molecule has 2 aromatic carbocycles. The number of hydrazone groups is 1. The minimum absolute atomic E-state index is 0.0287. The number of methoxy groups -OCH3 is 3. The number of ether oxygens (including phenoxy) is 3. The Morgan fingerprint density at radius 2 is 1.68 bits per heavy atom. The van der Waals surface area contributed by atoms with Crippen LogP contribution < -0.4 is 9.47 Å². The molecule has 0 aliphatic carbocycles. The van der Waals surface area contributed by atoms with Crippen molar-refractivity contribution in [1.29, 1.82) is 0 Å². The standard InChI is InChI=1S/C26H31N3O7S/c1-26(2)23(17-9-10-21(34-3)22(16-17)35-4)27-29(25(26)31)19-11-13-28(14-12-19)37(32,33)20-8-6-7-18(15-20)24(30)36-5/h6-10,15-16,19H,11-14H2,1-5H3. The van der Waals surface area contributed by atoms with E-state index < -0.39 is 21.4 Å². The highest BCUT2D eigenvalue weighted by atomic mass is 32.2. The summed E-state index contributed by atoms with van der Waals surface area (Å²) in [6.45, 7) is 4.11. The SMILES string of the molecule is COC(=O)c1cccc(S(=O)(=O)N2CCC(N3N=C(c4ccc(OC)c(OC)c4)C(C)(C)C3=O)CC2)c1. The molecule has 0 atom stereocenters. The zero-order chi connectivity index (χ0) is 27.0. The van der Waals surface area contributed by atoms with E-state index in [-0.39, 0.29) is 35.5 Å². The lowest BCUT2D eigenvalue weighted by molar-refractivity contribution is -0.137. The molecule has 1 fully saturated rings. The molecule has 1 saturated heterocycles. The van der Waals surface area contributed by atoms with Crippen molar-refractivity contribution < 1.29 is 32.2 Å². The molecule has 0 radical (unpaired) electrons. The van der Waals surface area contributed by atoms with Gasteiger partial charge in [-0.2, -0.15) is 9.41 Å². The van der Waals surface area contributed by atoms with Crippen molar-refractivity contribution in [3.63, 3.8) is 0 Å². The van der Waals surface area contributed by atoms with Gasteiger partial charge in [-0.3, -0.25) is 4.79 Å². The van der Waals surface area contributed by atoms with Crippen LogP contribution in [0.5, 0.6) is 11.5 Å². The van der Waals surface area contributed by atoms with Gasteiger partial charge in [0.05, 0.1) is 49.0 Å². The van der Waals surface area contributed by atoms with Gasteiger partial charge in [-0.05, 0) is 63.1 Å². The average Bonchev–Trinajstić information content (AvgIpc) is 3.16. The third-order valence-electron chi connectivity index (χ3n) is 6.86. The molecule has 0 unspecified atom stereocenters. The number of carbonyl (C=O) groups excluding carboxylic acids is 2. The maximum Gasteiger partial charge on any atom is 0.337 e. The molecule has 4 rings (SSSR count). The summed E-state index contributed by atoms with van der Waals surface area (Å²) in [4.78, 5) is 25.3. The minimum Gasteiger partial charge on any atom is -0.493 e. The summed E-state index contributed by atoms with van der Waals surface area (Å²) in [5.74, 6) is 0.383. The Balaban J connectivity index is 1.53. The first-order chi connectivity index (χ1) is 17.5. The molecule has 0 saturated carbocycles. The van der Waals surface area contributed by atoms with Crippen molar-refractivity contribution in [1.82, 2.24) is 9.31 Å². The van der Waals surface area contributed by atoms with E-state index in [0.717, 1.165) is 5.56 Å². The van der Waals surface area contributed by atoms with E-state index in [4.69, 9.17) is 19.3 Å². The summed E-state index contributed by atoms with van der Waals surface area (Å²) in [5.41, 5.74) is 0.675. The second kappa shape index (κ2) is 10.1. The van der Waals surface area contributed by atoms with Crippen LogP contribution in [-0.2, 0) is 19.6 Å². The van der Waals surface area contributed by atoms with E-state index in [0.29, 0.717) is 30.1 Å². The normalized spacial score (nSPS) is 18.5. The predicted molar refractivity (Wildman–Crippen MR) is 136 cm³/mol. The van der Waals surface area contributed by atoms with E-state index in [9.17, 15) is 18.0 Å². The quantitative estimate of drug-likeness (QED) is 0.507. The van der Waals surface area contributed by atoms with Crippen molar-refractivity contribution in [2.45, 2.75) is 37.6 Å². The lowest BCUT2D eigenvalue weighted by Gasteiger charge is -2.35. The van der Waals surface area contributed by atoms with Crippen LogP contribution in [0.2, 0.25) is 0 Å². The number of carbonyl (C=O) groups is 2. The largest absolute Gasteiger partial charge is 0.493 e. The van der Waals surface area contributed by atoms with Crippen molar-refractivity contribution in [3.8, 4) is 11.5 Å². The Morgan fingerprint density at radius 1 is 1.00 bits per heavy atom. The number of esters is 1. The predicted octanol–water partition coefficient (Wildman–Crippen LogP) is 2.92. The van der Waals surface area contributed by atoms with E-state index in [1.54, 1.807) is 26.4 Å². The Bertz CT molecular complexity index is 1350. The molecule has 2 aliphatic rings. The van der Waals surface area contributed by atoms with Crippen LogP contribution in [0.4, 0.5) is 0 Å². The maximum atomic E-state index is 13.4. The third-order valence-corrected chi connectivity index (χ3v) is 8.76. The molecule has 1 amide bonds. The smallest absolute Gasteiger partial charge is 0.337 e. The lowest BCUT2D eigenvalue weighted by Crippen LogP contribution is -2.47. The number of amides is 1. The first-order valence-corrected chi connectivity index (χ1v) is 13.3. The van der Waals surface area contributed by atoms with Crippen LogP contribution in [0.3, 0.4) is 0 Å². The van der Waals surface area contributed by atoms with Gasteiger partial charge >= 0.3 is 5.97 Å². The van der Waals surface area contributed by atoms with Crippen LogP contribution in [0.1, 0.15) is 42.6 Å². The van der Waals surface area contributed by atoms with Crippen LogP contribution in [0.25, 0.3) is 0 Å². The van der Waals surface area contributed by atoms with Gasteiger partial charge in [0, 0.05) is 18.7 Å². The van der Waals surface area contributed by atoms with Gasteiger partial charge < -0.3 is 14.2 Å². The number of rotatable bonds is 7. The number of hydrogen-bond donors (Lipinski definition) is 0. The zero-order valence-corrected chi connectivity index (χ0v) is 22.4. The topological polar surface area (TPSA) is 115 Å². The molecular weight excluding hydrogens is 498 g/mol. The molecule has 2 aliphatic heterocycles. The molecule has 0 spiro atoms. The molecule has 2 aromatic rings. The van der Waals surface area contributed by atoms with E-state index in [2.05, 4.69) is 0 Å². The fraction of sp³-hybridized carbons (Fsp3) is 0.423. The molecule has 11 heteroatoms. The number of hydrogen-bond acceptors (Lipinski definition) is 8. The third kappa shape index (κ3) is 4.80. The van der Waals surface area contributed by atoms with Crippen LogP contribution in [-0.4, -0.2) is 75.8 Å². The molecule has 0 bridgehead atoms. The van der Waals surface area contributed by atoms with Crippen molar-refractivity contribution >= 4 is 27.6 Å². The number of nitrogens with zero attached hydrogens (tertiary/aromatic N) is 3. The molecule has 10 nitrogen and oxygen atoms in total. The molecule has 0 N–H and O–H groups in total. The van der Waals surface area contributed by atoms with Gasteiger partial charge in [0.25, 0.3) is 5.91 Å². The Kier molecular flexibility index (Phi) is 7.29.